The van der Waals surface area contributed by atoms with E-state index in [1.807, 2.05) is 26.1 Å². The van der Waals surface area contributed by atoms with Crippen molar-refractivity contribution < 1.29 is 4.79 Å². The number of hydrogen-bond donors (Lipinski definition) is 0. The third-order valence-electron chi connectivity index (χ3n) is 3.93. The van der Waals surface area contributed by atoms with Gasteiger partial charge >= 0.3 is 0 Å². The smallest absolute Gasteiger partial charge is 0.253 e. The maximum atomic E-state index is 11.9. The second-order valence-electron chi connectivity index (χ2n) is 5.59. The Morgan fingerprint density at radius 1 is 1.26 bits per heavy atom. The summed E-state index contributed by atoms with van der Waals surface area (Å²) in [6.07, 6.45) is 3.53. The summed E-state index contributed by atoms with van der Waals surface area (Å²) in [5, 5.41) is 5.09. The molecule has 0 radical (unpaired) electrons. The van der Waals surface area contributed by atoms with Crippen molar-refractivity contribution in [2.45, 2.75) is 38.6 Å². The number of aromatic nitrogens is 4. The molecule has 5 nitrogen and oxygen atoms in total. The number of aryl methyl sites for hydroxylation is 2. The molecule has 3 aromatic rings. The van der Waals surface area contributed by atoms with E-state index in [0.29, 0.717) is 10.9 Å². The highest BCUT2D eigenvalue weighted by atomic mass is 32.2. The molecule has 0 spiro atoms. The highest BCUT2D eigenvalue weighted by Gasteiger charge is 2.15. The minimum Gasteiger partial charge on any atom is -0.294 e. The Kier molecular flexibility index (Phi) is 4.17. The summed E-state index contributed by atoms with van der Waals surface area (Å²) in [6, 6.07) is 3.90. The van der Waals surface area contributed by atoms with Crippen LogP contribution in [0.1, 0.15) is 39.5 Å². The second kappa shape index (κ2) is 6.12. The normalized spacial score (nSPS) is 11.1. The molecule has 0 fully saturated rings. The maximum absolute atomic E-state index is 11.9. The Labute approximate surface area is 139 Å². The number of hydrogen-bond acceptors (Lipinski definition) is 5. The van der Waals surface area contributed by atoms with Crippen LogP contribution < -0.4 is 0 Å². The third kappa shape index (κ3) is 2.99. The lowest BCUT2D eigenvalue weighted by molar-refractivity contribution is 0.101. The van der Waals surface area contributed by atoms with Gasteiger partial charge < -0.3 is 0 Å². The Balaban J connectivity index is 1.90. The van der Waals surface area contributed by atoms with Crippen LogP contribution in [0.4, 0.5) is 0 Å². The lowest BCUT2D eigenvalue weighted by atomic mass is 9.92. The molecule has 0 unspecified atom stereocenters. The molecule has 6 heteroatoms. The van der Waals surface area contributed by atoms with Gasteiger partial charge in [0.1, 0.15) is 0 Å². The minimum atomic E-state index is 0.112. The zero-order valence-corrected chi connectivity index (χ0v) is 14.4. The number of thioether (sulfide) groups is 1. The van der Waals surface area contributed by atoms with Crippen LogP contribution in [0.2, 0.25) is 0 Å². The summed E-state index contributed by atoms with van der Waals surface area (Å²) in [6.45, 7) is 7.71. The van der Waals surface area contributed by atoms with Gasteiger partial charge in [0.25, 0.3) is 5.78 Å². The number of carbonyl (C=O) groups excluding carboxylic acids is 1. The van der Waals surface area contributed by atoms with E-state index >= 15 is 0 Å². The van der Waals surface area contributed by atoms with Crippen molar-refractivity contribution in [3.05, 3.63) is 52.3 Å². The first-order valence-electron chi connectivity index (χ1n) is 7.38. The molecule has 0 bridgehead atoms. The van der Waals surface area contributed by atoms with Crippen molar-refractivity contribution in [2.24, 2.45) is 0 Å². The molecule has 1 aromatic carbocycles. The van der Waals surface area contributed by atoms with E-state index in [4.69, 9.17) is 0 Å². The van der Waals surface area contributed by atoms with Crippen LogP contribution in [0.3, 0.4) is 0 Å². The van der Waals surface area contributed by atoms with E-state index in [0.717, 1.165) is 22.4 Å². The van der Waals surface area contributed by atoms with E-state index in [1.54, 1.807) is 29.4 Å². The topological polar surface area (TPSA) is 60.2 Å². The van der Waals surface area contributed by atoms with Crippen molar-refractivity contribution in [3.8, 4) is 0 Å². The fourth-order valence-electron chi connectivity index (χ4n) is 2.90. The average Bonchev–Trinajstić information content (AvgIpc) is 2.88. The molecule has 2 heterocycles. The van der Waals surface area contributed by atoms with E-state index in [2.05, 4.69) is 28.1 Å². The van der Waals surface area contributed by atoms with Gasteiger partial charge in [0.05, 0.1) is 0 Å². The number of fused-ring (bicyclic) bond motifs is 1. The molecule has 23 heavy (non-hydrogen) atoms. The Hall–Kier alpha value is -2.21. The Morgan fingerprint density at radius 2 is 2.04 bits per heavy atom. The van der Waals surface area contributed by atoms with Crippen LogP contribution >= 0.6 is 11.8 Å². The summed E-state index contributed by atoms with van der Waals surface area (Å²) in [4.78, 5) is 20.5. The van der Waals surface area contributed by atoms with E-state index in [-0.39, 0.29) is 5.78 Å². The molecule has 3 rings (SSSR count). The van der Waals surface area contributed by atoms with Crippen LogP contribution in [0, 0.1) is 20.8 Å². The fourth-order valence-corrected chi connectivity index (χ4v) is 3.91. The molecule has 0 aliphatic rings. The van der Waals surface area contributed by atoms with Crippen molar-refractivity contribution in [3.63, 3.8) is 0 Å². The zero-order chi connectivity index (χ0) is 16.6. The van der Waals surface area contributed by atoms with E-state index in [9.17, 15) is 4.79 Å². The molecule has 118 valence electrons. The van der Waals surface area contributed by atoms with Crippen molar-refractivity contribution in [1.82, 2.24) is 19.6 Å². The second-order valence-corrected chi connectivity index (χ2v) is 6.53. The van der Waals surface area contributed by atoms with Crippen molar-refractivity contribution in [1.29, 1.82) is 0 Å². The first-order valence-corrected chi connectivity index (χ1v) is 8.36. The predicted molar refractivity (Wildman–Crippen MR) is 91.0 cm³/mol. The van der Waals surface area contributed by atoms with Gasteiger partial charge in [-0.15, -0.1) is 5.10 Å². The van der Waals surface area contributed by atoms with Gasteiger partial charge in [-0.05, 0) is 56.0 Å². The van der Waals surface area contributed by atoms with Crippen LogP contribution in [0.5, 0.6) is 0 Å². The molecule has 0 aliphatic carbocycles. The fraction of sp³-hybridized carbons (Fsp3) is 0.294. The summed E-state index contributed by atoms with van der Waals surface area (Å²) < 4.78 is 1.66. The molecule has 0 saturated carbocycles. The highest BCUT2D eigenvalue weighted by molar-refractivity contribution is 7.98. The minimum absolute atomic E-state index is 0.112. The first kappa shape index (κ1) is 15.7. The number of carbonyl (C=O) groups is 1. The van der Waals surface area contributed by atoms with Crippen molar-refractivity contribution in [2.75, 3.05) is 0 Å². The number of nitrogens with zero attached hydrogens (tertiary/aromatic N) is 4. The number of Topliss-reactive ketones (excluding diaryl/α,β-unsaturated/α-hetero) is 1. The van der Waals surface area contributed by atoms with Crippen LogP contribution in [0.25, 0.3) is 5.78 Å². The first-order chi connectivity index (χ1) is 11.0. The summed E-state index contributed by atoms with van der Waals surface area (Å²) in [7, 11) is 0. The summed E-state index contributed by atoms with van der Waals surface area (Å²) in [5.41, 5.74) is 5.30. The van der Waals surface area contributed by atoms with Crippen molar-refractivity contribution >= 4 is 23.3 Å². The molecular weight excluding hydrogens is 308 g/mol. The van der Waals surface area contributed by atoms with Gasteiger partial charge in [-0.2, -0.15) is 4.98 Å². The van der Waals surface area contributed by atoms with Crippen LogP contribution in [-0.4, -0.2) is 25.4 Å². The van der Waals surface area contributed by atoms with Gasteiger partial charge in [-0.1, -0.05) is 17.8 Å². The zero-order valence-electron chi connectivity index (χ0n) is 13.6. The molecule has 0 amide bonds. The SMILES string of the molecule is CC(=O)c1c(C)cc(C)c(CSc2nc3ncccn3n2)c1C. The molecule has 0 atom stereocenters. The van der Waals surface area contributed by atoms with E-state index < -0.39 is 0 Å². The summed E-state index contributed by atoms with van der Waals surface area (Å²) in [5.74, 6) is 1.44. The summed E-state index contributed by atoms with van der Waals surface area (Å²) >= 11 is 1.56. The molecule has 2 aromatic heterocycles. The van der Waals surface area contributed by atoms with Gasteiger partial charge in [-0.3, -0.25) is 4.79 Å². The number of rotatable bonds is 4. The largest absolute Gasteiger partial charge is 0.294 e. The van der Waals surface area contributed by atoms with Crippen LogP contribution in [0.15, 0.2) is 29.7 Å². The standard InChI is InChI=1S/C17H18N4OS/c1-10-8-11(2)15(13(4)22)12(3)14(10)9-23-17-19-16-18-6-5-7-21(16)20-17/h5-8H,9H2,1-4H3. The lowest BCUT2D eigenvalue weighted by Gasteiger charge is -2.15. The molecular formula is C17H18N4OS. The van der Waals surface area contributed by atoms with Gasteiger partial charge in [0.15, 0.2) is 5.78 Å². The molecule has 0 aliphatic heterocycles. The average molecular weight is 326 g/mol. The van der Waals surface area contributed by atoms with Gasteiger partial charge in [0, 0.05) is 23.7 Å². The third-order valence-corrected chi connectivity index (χ3v) is 4.79. The quantitative estimate of drug-likeness (QED) is 0.542. The predicted octanol–water partition coefficient (Wildman–Crippen LogP) is 3.54. The van der Waals surface area contributed by atoms with Crippen LogP contribution in [-0.2, 0) is 5.75 Å². The molecule has 0 saturated heterocycles. The Bertz CT molecular complexity index is 868. The monoisotopic (exact) mass is 326 g/mol. The van der Waals surface area contributed by atoms with E-state index in [1.165, 1.54) is 11.1 Å². The van der Waals surface area contributed by atoms with Gasteiger partial charge in [-0.25, -0.2) is 9.50 Å². The number of benzene rings is 1. The Morgan fingerprint density at radius 3 is 2.74 bits per heavy atom. The lowest BCUT2D eigenvalue weighted by Crippen LogP contribution is -2.05. The maximum Gasteiger partial charge on any atom is 0.253 e. The highest BCUT2D eigenvalue weighted by Crippen LogP contribution is 2.28. The number of ketones is 1. The molecule has 0 N–H and O–H groups in total. The van der Waals surface area contributed by atoms with Gasteiger partial charge in [0.2, 0.25) is 5.16 Å².